The molecule has 4 aromatic carbocycles. The van der Waals surface area contributed by atoms with Crippen molar-refractivity contribution in [2.24, 2.45) is 22.9 Å². The Balaban J connectivity index is 1.40. The quantitative estimate of drug-likeness (QED) is 0.0478. The molecule has 1 heterocycles. The third kappa shape index (κ3) is 9.52. The molecule has 4 aromatic rings. The number of aliphatic hydroxyl groups is 2. The molecule has 0 aromatic heterocycles. The number of carbonyl (C=O) groups is 2. The lowest BCUT2D eigenvalue weighted by Gasteiger charge is -2.59. The first-order chi connectivity index (χ1) is 30.3. The molecule has 12 heteroatoms. The van der Waals surface area contributed by atoms with Crippen molar-refractivity contribution in [3.05, 3.63) is 132 Å². The molecule has 12 nitrogen and oxygen atoms in total. The van der Waals surface area contributed by atoms with Crippen LogP contribution >= 0.6 is 0 Å². The Morgan fingerprint density at radius 1 is 0.968 bits per heavy atom. The summed E-state index contributed by atoms with van der Waals surface area (Å²) in [7, 11) is 1.38. The van der Waals surface area contributed by atoms with Crippen LogP contribution in [0.1, 0.15) is 74.5 Å². The van der Waals surface area contributed by atoms with E-state index in [2.05, 4.69) is 18.0 Å². The Morgan fingerprint density at radius 2 is 1.73 bits per heavy atom. The lowest BCUT2D eigenvalue weighted by Crippen LogP contribution is -2.70. The van der Waals surface area contributed by atoms with Gasteiger partial charge in [-0.25, -0.2) is 9.59 Å². The number of allylic oxidation sites excluding steroid dienone is 1. The highest BCUT2D eigenvalue weighted by Gasteiger charge is 2.65. The molecule has 3 aliphatic rings. The van der Waals surface area contributed by atoms with Crippen LogP contribution in [-0.2, 0) is 27.4 Å². The van der Waals surface area contributed by atoms with E-state index in [1.807, 2.05) is 91.9 Å². The molecule has 0 bridgehead atoms. The molecular weight excluding hydrogens is 787 g/mol. The number of carbonyl (C=O) groups excluding carboxylic acids is 2. The maximum absolute atomic E-state index is 14.4. The first-order valence-electron chi connectivity index (χ1n) is 21.9. The normalized spacial score (nSPS) is 23.0. The molecular formula is C50H59N3O9. The molecule has 3 N–H and O–H groups in total. The Morgan fingerprint density at radius 3 is 2.48 bits per heavy atom. The van der Waals surface area contributed by atoms with Crippen molar-refractivity contribution in [2.45, 2.75) is 82.7 Å². The zero-order valence-corrected chi connectivity index (χ0v) is 35.7. The minimum Gasteiger partial charge on any atom is -0.459 e. The second-order valence-electron chi connectivity index (χ2n) is 16.2. The third-order valence-electron chi connectivity index (χ3n) is 12.4. The number of ether oxygens (including phenoxy) is 4. The standard InChI is InChI=1S/C50H59N3O9/c1-4-28-59-50-45(53(49(57)58-3)33-37-21-15-20-35-18-9-10-22-39(35)37)31-43(52-60-5-2)41-29-36(19-11-13-26-54)40(23-12-14-27-55)46(47(41)50)42-30-38(24-25-44(42)62-50)61-48(56)51-32-34-16-7-6-8-17-34/h4,6-10,15-18,20-22,24-25,29-30,36,40,45-47,54-55H,1,5,11-14,19,23,26-28,31-33H2,2-3H3,(H,51,56)/t36-,40+,45-,46+,47+,50+/m0/s1. The summed E-state index contributed by atoms with van der Waals surface area (Å²) >= 11 is 0. The van der Waals surface area contributed by atoms with Crippen LogP contribution in [0.4, 0.5) is 9.59 Å². The maximum Gasteiger partial charge on any atom is 0.412 e. The van der Waals surface area contributed by atoms with Crippen LogP contribution in [-0.4, -0.2) is 78.4 Å². The molecule has 0 radical (unpaired) electrons. The second-order valence-corrected chi connectivity index (χ2v) is 16.2. The van der Waals surface area contributed by atoms with E-state index in [4.69, 9.17) is 28.9 Å². The Kier molecular flexibility index (Phi) is 15.0. The molecule has 2 aliphatic carbocycles. The van der Waals surface area contributed by atoms with Gasteiger partial charge in [-0.3, -0.25) is 4.90 Å². The monoisotopic (exact) mass is 845 g/mol. The van der Waals surface area contributed by atoms with E-state index in [1.165, 1.54) is 7.11 Å². The van der Waals surface area contributed by atoms with E-state index in [1.54, 1.807) is 17.0 Å². The van der Waals surface area contributed by atoms with Crippen LogP contribution in [0, 0.1) is 17.8 Å². The van der Waals surface area contributed by atoms with Gasteiger partial charge in [0.1, 0.15) is 24.1 Å². The minimum absolute atomic E-state index is 0.0118. The van der Waals surface area contributed by atoms with E-state index >= 15 is 0 Å². The lowest BCUT2D eigenvalue weighted by atomic mass is 9.55. The van der Waals surface area contributed by atoms with Gasteiger partial charge < -0.3 is 39.3 Å². The summed E-state index contributed by atoms with van der Waals surface area (Å²) in [5.41, 5.74) is 4.28. The van der Waals surface area contributed by atoms with Crippen LogP contribution < -0.4 is 14.8 Å². The van der Waals surface area contributed by atoms with E-state index in [0.29, 0.717) is 43.2 Å². The molecule has 2 amide bonds. The SMILES string of the molecule is C=CCO[C@@]12Oc3ccc(OC(=O)NCc4ccccc4)cc3[C@H]3[C@H](CCCCO)[C@@H](CCCCO)C=C(C(=NOCC)C[C@@H]1N(Cc1cccc4ccccc14)C(=O)OC)[C@H]32. The van der Waals surface area contributed by atoms with Crippen LogP contribution in [0.2, 0.25) is 0 Å². The van der Waals surface area contributed by atoms with E-state index in [-0.39, 0.29) is 50.5 Å². The molecule has 1 aliphatic heterocycles. The molecule has 6 atom stereocenters. The number of hydrogen-bond acceptors (Lipinski definition) is 10. The number of oxime groups is 1. The Labute approximate surface area is 364 Å². The summed E-state index contributed by atoms with van der Waals surface area (Å²) in [6.45, 7) is 6.99. The summed E-state index contributed by atoms with van der Waals surface area (Å²) in [6, 6.07) is 28.4. The van der Waals surface area contributed by atoms with Gasteiger partial charge in [0, 0.05) is 37.7 Å². The van der Waals surface area contributed by atoms with Crippen LogP contribution in [0.15, 0.2) is 120 Å². The number of amides is 2. The van der Waals surface area contributed by atoms with Gasteiger partial charge in [0.15, 0.2) is 0 Å². The fourth-order valence-corrected chi connectivity index (χ4v) is 9.80. The van der Waals surface area contributed by atoms with Crippen LogP contribution in [0.5, 0.6) is 11.5 Å². The average Bonchev–Trinajstić information content (AvgIpc) is 3.30. The van der Waals surface area contributed by atoms with Gasteiger partial charge in [0.25, 0.3) is 0 Å². The van der Waals surface area contributed by atoms with Crippen LogP contribution in [0.25, 0.3) is 10.8 Å². The van der Waals surface area contributed by atoms with Gasteiger partial charge >= 0.3 is 12.2 Å². The Bertz CT molecular complexity index is 2220. The van der Waals surface area contributed by atoms with Crippen LogP contribution in [0.3, 0.4) is 0 Å². The van der Waals surface area contributed by atoms with Crippen molar-refractivity contribution >= 4 is 28.7 Å². The van der Waals surface area contributed by atoms with Gasteiger partial charge in [-0.2, -0.15) is 0 Å². The zero-order chi connectivity index (χ0) is 43.5. The fraction of sp³-hybridized carbons (Fsp3) is 0.420. The number of rotatable bonds is 19. The molecule has 328 valence electrons. The summed E-state index contributed by atoms with van der Waals surface area (Å²) in [4.78, 5) is 35.2. The van der Waals surface area contributed by atoms with Gasteiger partial charge in [0.05, 0.1) is 31.9 Å². The van der Waals surface area contributed by atoms with Gasteiger partial charge in [-0.05, 0) is 90.1 Å². The summed E-state index contributed by atoms with van der Waals surface area (Å²) in [6.07, 6.45) is 7.45. The van der Waals surface area contributed by atoms with Crippen molar-refractivity contribution in [3.8, 4) is 11.5 Å². The lowest BCUT2D eigenvalue weighted by molar-refractivity contribution is -0.256. The van der Waals surface area contributed by atoms with E-state index < -0.39 is 29.9 Å². The highest BCUT2D eigenvalue weighted by atomic mass is 16.7. The molecule has 0 saturated heterocycles. The van der Waals surface area contributed by atoms with Crippen molar-refractivity contribution in [2.75, 3.05) is 33.5 Å². The number of hydrogen-bond donors (Lipinski definition) is 3. The van der Waals surface area contributed by atoms with Crippen molar-refractivity contribution in [3.63, 3.8) is 0 Å². The van der Waals surface area contributed by atoms with Crippen molar-refractivity contribution < 1.29 is 43.6 Å². The highest BCUT2D eigenvalue weighted by molar-refractivity contribution is 6.03. The van der Waals surface area contributed by atoms with Gasteiger partial charge in [0.2, 0.25) is 5.79 Å². The zero-order valence-electron chi connectivity index (χ0n) is 35.7. The van der Waals surface area contributed by atoms with E-state index in [0.717, 1.165) is 58.7 Å². The largest absolute Gasteiger partial charge is 0.459 e. The summed E-state index contributed by atoms with van der Waals surface area (Å²) in [5, 5.41) is 29.5. The van der Waals surface area contributed by atoms with Gasteiger partial charge in [-0.1, -0.05) is 103 Å². The summed E-state index contributed by atoms with van der Waals surface area (Å²) < 4.78 is 25.9. The summed E-state index contributed by atoms with van der Waals surface area (Å²) in [5.74, 6) is -1.41. The highest BCUT2D eigenvalue weighted by Crippen LogP contribution is 2.62. The predicted molar refractivity (Wildman–Crippen MR) is 238 cm³/mol. The number of nitrogens with one attached hydrogen (secondary N) is 1. The third-order valence-corrected chi connectivity index (χ3v) is 12.4. The topological polar surface area (TPSA) is 148 Å². The smallest absolute Gasteiger partial charge is 0.412 e. The molecule has 0 unspecified atom stereocenters. The fourth-order valence-electron chi connectivity index (χ4n) is 9.80. The maximum atomic E-state index is 14.4. The first-order valence-corrected chi connectivity index (χ1v) is 21.9. The second kappa shape index (κ2) is 20.9. The van der Waals surface area contributed by atoms with Crippen molar-refractivity contribution in [1.82, 2.24) is 10.2 Å². The first kappa shape index (κ1) is 44.4. The van der Waals surface area contributed by atoms with E-state index in [9.17, 15) is 19.8 Å². The minimum atomic E-state index is -1.48. The molecule has 1 saturated carbocycles. The molecule has 1 fully saturated rings. The average molecular weight is 846 g/mol. The number of fused-ring (bicyclic) bond motifs is 3. The number of nitrogens with zero attached hydrogens (tertiary/aromatic N) is 2. The molecule has 7 rings (SSSR count). The number of methoxy groups -OCH3 is 1. The number of benzene rings is 4. The number of aliphatic hydroxyl groups excluding tert-OH is 2. The predicted octanol–water partition coefficient (Wildman–Crippen LogP) is 9.05. The van der Waals surface area contributed by atoms with Crippen molar-refractivity contribution in [1.29, 1.82) is 0 Å². The number of unbranched alkanes of at least 4 members (excludes halogenated alkanes) is 2. The molecule has 62 heavy (non-hydrogen) atoms. The Hall–Kier alpha value is -5.69. The molecule has 0 spiro atoms. The van der Waals surface area contributed by atoms with Gasteiger partial charge in [-0.15, -0.1) is 6.58 Å².